The quantitative estimate of drug-likeness (QED) is 0.748. The Bertz CT molecular complexity index is 606. The molecule has 2 aromatic rings. The predicted molar refractivity (Wildman–Crippen MR) is 82.6 cm³/mol. The molecule has 1 heterocycles. The Morgan fingerprint density at radius 3 is 2.80 bits per heavy atom. The highest BCUT2D eigenvalue weighted by Crippen LogP contribution is 2.38. The van der Waals surface area contributed by atoms with Crippen LogP contribution in [0.25, 0.3) is 10.9 Å². The van der Waals surface area contributed by atoms with Crippen LogP contribution in [0.15, 0.2) is 30.5 Å². The third-order valence-electron chi connectivity index (χ3n) is 4.46. The van der Waals surface area contributed by atoms with E-state index in [2.05, 4.69) is 10.3 Å². The van der Waals surface area contributed by atoms with Crippen LogP contribution in [-0.4, -0.2) is 23.2 Å². The highest BCUT2D eigenvalue weighted by atomic mass is 16.3. The predicted octanol–water partition coefficient (Wildman–Crippen LogP) is 2.78. The van der Waals surface area contributed by atoms with Crippen molar-refractivity contribution >= 4 is 22.3 Å². The first-order valence-corrected chi connectivity index (χ1v) is 7.22. The Labute approximate surface area is 119 Å². The number of para-hydroxylation sites is 1. The van der Waals surface area contributed by atoms with E-state index in [4.69, 9.17) is 5.73 Å². The fraction of sp³-hybridized carbons (Fsp3) is 0.438. The summed E-state index contributed by atoms with van der Waals surface area (Å²) in [7, 11) is 0. The van der Waals surface area contributed by atoms with Crippen LogP contribution in [0.1, 0.15) is 25.7 Å². The third-order valence-corrected chi connectivity index (χ3v) is 4.46. The average Bonchev–Trinajstić information content (AvgIpc) is 2.95. The van der Waals surface area contributed by atoms with E-state index < -0.39 is 0 Å². The Kier molecular flexibility index (Phi) is 3.49. The minimum atomic E-state index is 0.0376. The van der Waals surface area contributed by atoms with Crippen molar-refractivity contribution in [2.75, 3.05) is 24.2 Å². The molecule has 1 aliphatic carbocycles. The van der Waals surface area contributed by atoms with Crippen LogP contribution >= 0.6 is 0 Å². The van der Waals surface area contributed by atoms with Gasteiger partial charge in [-0.05, 0) is 25.0 Å². The third kappa shape index (κ3) is 2.31. The molecule has 0 saturated heterocycles. The van der Waals surface area contributed by atoms with Gasteiger partial charge in [-0.15, -0.1) is 0 Å². The Morgan fingerprint density at radius 2 is 2.05 bits per heavy atom. The number of aliphatic hydroxyl groups excluding tert-OH is 1. The minimum Gasteiger partial charge on any atom is -0.397 e. The van der Waals surface area contributed by atoms with Gasteiger partial charge in [-0.1, -0.05) is 25.0 Å². The number of hydrogen-bond donors (Lipinski definition) is 3. The molecule has 1 saturated carbocycles. The molecule has 4 N–H and O–H groups in total. The van der Waals surface area contributed by atoms with Gasteiger partial charge in [0.25, 0.3) is 0 Å². The van der Waals surface area contributed by atoms with Gasteiger partial charge in [0.05, 0.1) is 17.8 Å². The Morgan fingerprint density at radius 1 is 1.25 bits per heavy atom. The van der Waals surface area contributed by atoms with Gasteiger partial charge in [-0.3, -0.25) is 4.98 Å². The maximum Gasteiger partial charge on any atom is 0.0951 e. The second kappa shape index (κ2) is 5.29. The van der Waals surface area contributed by atoms with Gasteiger partial charge in [-0.2, -0.15) is 0 Å². The Hall–Kier alpha value is -1.81. The highest BCUT2D eigenvalue weighted by Gasteiger charge is 2.32. The number of nitrogens with one attached hydrogen (secondary N) is 1. The first kappa shape index (κ1) is 13.2. The number of fused-ring (bicyclic) bond motifs is 1. The van der Waals surface area contributed by atoms with E-state index in [0.717, 1.165) is 36.0 Å². The number of aromatic nitrogens is 1. The first-order valence-electron chi connectivity index (χ1n) is 7.22. The second-order valence-corrected chi connectivity index (χ2v) is 5.82. The topological polar surface area (TPSA) is 71.2 Å². The van der Waals surface area contributed by atoms with Gasteiger partial charge in [0.1, 0.15) is 0 Å². The van der Waals surface area contributed by atoms with Crippen LogP contribution < -0.4 is 11.1 Å². The molecule has 20 heavy (non-hydrogen) atoms. The molecule has 4 heteroatoms. The lowest BCUT2D eigenvalue weighted by Crippen LogP contribution is -2.30. The zero-order valence-electron chi connectivity index (χ0n) is 11.6. The number of anilines is 2. The van der Waals surface area contributed by atoms with E-state index in [0.29, 0.717) is 5.69 Å². The fourth-order valence-corrected chi connectivity index (χ4v) is 3.15. The molecule has 1 aromatic carbocycles. The lowest BCUT2D eigenvalue weighted by Gasteiger charge is -2.27. The molecule has 0 atom stereocenters. The normalized spacial score (nSPS) is 17.4. The molecular formula is C16H21N3O. The molecule has 0 spiro atoms. The minimum absolute atomic E-state index is 0.0376. The maximum absolute atomic E-state index is 9.68. The molecule has 4 nitrogen and oxygen atoms in total. The van der Waals surface area contributed by atoms with Crippen LogP contribution in [0.5, 0.6) is 0 Å². The van der Waals surface area contributed by atoms with Gasteiger partial charge in [0, 0.05) is 29.2 Å². The maximum atomic E-state index is 9.68. The van der Waals surface area contributed by atoms with Crippen LogP contribution in [0.4, 0.5) is 11.4 Å². The van der Waals surface area contributed by atoms with Crippen molar-refractivity contribution in [3.05, 3.63) is 30.5 Å². The lowest BCUT2D eigenvalue weighted by molar-refractivity contribution is 0.142. The van der Waals surface area contributed by atoms with Gasteiger partial charge < -0.3 is 16.2 Å². The molecule has 0 radical (unpaired) electrons. The lowest BCUT2D eigenvalue weighted by atomic mass is 9.87. The molecule has 0 unspecified atom stereocenters. The summed E-state index contributed by atoms with van der Waals surface area (Å²) in [6.07, 6.45) is 6.41. The van der Waals surface area contributed by atoms with Crippen molar-refractivity contribution < 1.29 is 5.11 Å². The summed E-state index contributed by atoms with van der Waals surface area (Å²) >= 11 is 0. The van der Waals surface area contributed by atoms with E-state index >= 15 is 0 Å². The smallest absolute Gasteiger partial charge is 0.0951 e. The second-order valence-electron chi connectivity index (χ2n) is 5.82. The monoisotopic (exact) mass is 271 g/mol. The van der Waals surface area contributed by atoms with Gasteiger partial charge in [-0.25, -0.2) is 0 Å². The molecular weight excluding hydrogens is 250 g/mol. The zero-order chi connectivity index (χ0) is 14.0. The Balaban J connectivity index is 1.86. The van der Waals surface area contributed by atoms with Gasteiger partial charge >= 0.3 is 0 Å². The number of rotatable bonds is 4. The summed E-state index contributed by atoms with van der Waals surface area (Å²) < 4.78 is 0. The average molecular weight is 271 g/mol. The van der Waals surface area contributed by atoms with Gasteiger partial charge in [0.15, 0.2) is 0 Å². The molecule has 106 valence electrons. The molecule has 1 aliphatic rings. The summed E-state index contributed by atoms with van der Waals surface area (Å²) in [5.74, 6) is 0. The molecule has 0 amide bonds. The number of hydrogen-bond acceptors (Lipinski definition) is 4. The number of benzene rings is 1. The zero-order valence-corrected chi connectivity index (χ0v) is 11.6. The summed E-state index contributed by atoms with van der Waals surface area (Å²) in [5.41, 5.74) is 8.58. The first-order chi connectivity index (χ1) is 9.74. The number of nitrogen functional groups attached to an aromatic ring is 1. The van der Waals surface area contributed by atoms with Crippen molar-refractivity contribution in [1.29, 1.82) is 0 Å². The number of pyridine rings is 1. The molecule has 0 aliphatic heterocycles. The van der Waals surface area contributed by atoms with E-state index in [-0.39, 0.29) is 12.0 Å². The van der Waals surface area contributed by atoms with Crippen molar-refractivity contribution in [2.24, 2.45) is 5.41 Å². The molecule has 1 aromatic heterocycles. The van der Waals surface area contributed by atoms with Crippen LogP contribution in [0.3, 0.4) is 0 Å². The number of nitrogens with zero attached hydrogens (tertiary/aromatic N) is 1. The van der Waals surface area contributed by atoms with E-state index in [1.807, 2.05) is 24.3 Å². The summed E-state index contributed by atoms with van der Waals surface area (Å²) in [6, 6.07) is 7.82. The molecule has 1 fully saturated rings. The number of aliphatic hydroxyl groups is 1. The van der Waals surface area contributed by atoms with E-state index in [1.165, 1.54) is 12.8 Å². The summed E-state index contributed by atoms with van der Waals surface area (Å²) in [4.78, 5) is 4.34. The van der Waals surface area contributed by atoms with Crippen LogP contribution in [0, 0.1) is 5.41 Å². The largest absolute Gasteiger partial charge is 0.397 e. The van der Waals surface area contributed by atoms with Crippen molar-refractivity contribution in [3.8, 4) is 0 Å². The molecule has 0 bridgehead atoms. The standard InChI is InChI=1S/C16H21N3O/c17-13-5-3-4-12-14(6-9-18-15(12)13)19-10-16(11-20)7-1-2-8-16/h3-6,9,20H,1-2,7-8,10-11,17H2,(H,18,19). The number of nitrogens with two attached hydrogens (primary N) is 1. The fourth-order valence-electron chi connectivity index (χ4n) is 3.15. The van der Waals surface area contributed by atoms with Crippen LogP contribution in [-0.2, 0) is 0 Å². The van der Waals surface area contributed by atoms with E-state index in [1.54, 1.807) is 6.20 Å². The molecule has 3 rings (SSSR count). The van der Waals surface area contributed by atoms with Crippen LogP contribution in [0.2, 0.25) is 0 Å². The highest BCUT2D eigenvalue weighted by molar-refractivity contribution is 5.97. The van der Waals surface area contributed by atoms with Gasteiger partial charge in [0.2, 0.25) is 0 Å². The SMILES string of the molecule is Nc1cccc2c(NCC3(CO)CCCC3)ccnc12. The summed E-state index contributed by atoms with van der Waals surface area (Å²) in [5, 5.41) is 14.2. The van der Waals surface area contributed by atoms with Crippen molar-refractivity contribution in [3.63, 3.8) is 0 Å². The van der Waals surface area contributed by atoms with E-state index in [9.17, 15) is 5.11 Å². The van der Waals surface area contributed by atoms with Crippen molar-refractivity contribution in [1.82, 2.24) is 4.98 Å². The van der Waals surface area contributed by atoms with Crippen molar-refractivity contribution in [2.45, 2.75) is 25.7 Å². The summed E-state index contributed by atoms with van der Waals surface area (Å²) in [6.45, 7) is 1.06.